The molecule has 0 N–H and O–H groups in total. The molecule has 0 amide bonds. The fraction of sp³-hybridized carbons (Fsp3) is 0.0345. The SMILES string of the molecule is FC(F)(F)c1ccc2cc(-c3ccccc3)c(-c3ccccc3)c(-c3ccccc3)c2c1. The van der Waals surface area contributed by atoms with Gasteiger partial charge in [-0.05, 0) is 62.4 Å². The Labute approximate surface area is 184 Å². The van der Waals surface area contributed by atoms with Crippen molar-refractivity contribution in [1.82, 2.24) is 0 Å². The second kappa shape index (κ2) is 8.01. The minimum absolute atomic E-state index is 0.588. The summed E-state index contributed by atoms with van der Waals surface area (Å²) in [5.74, 6) is 0. The molecule has 0 atom stereocenters. The summed E-state index contributed by atoms with van der Waals surface area (Å²) in [7, 11) is 0. The van der Waals surface area contributed by atoms with E-state index < -0.39 is 11.7 Å². The van der Waals surface area contributed by atoms with E-state index in [9.17, 15) is 13.2 Å². The molecule has 0 nitrogen and oxygen atoms in total. The Bertz CT molecular complexity index is 1370. The predicted molar refractivity (Wildman–Crippen MR) is 125 cm³/mol. The lowest BCUT2D eigenvalue weighted by Crippen LogP contribution is -2.04. The molecule has 0 radical (unpaired) electrons. The van der Waals surface area contributed by atoms with Gasteiger partial charge in [0.2, 0.25) is 0 Å². The molecular weight excluding hydrogens is 405 g/mol. The lowest BCUT2D eigenvalue weighted by atomic mass is 9.83. The maximum Gasteiger partial charge on any atom is 0.416 e. The minimum Gasteiger partial charge on any atom is -0.166 e. The Kier molecular flexibility index (Phi) is 5.02. The van der Waals surface area contributed by atoms with E-state index in [-0.39, 0.29) is 0 Å². The Balaban J connectivity index is 1.97. The topological polar surface area (TPSA) is 0 Å². The number of hydrogen-bond acceptors (Lipinski definition) is 0. The monoisotopic (exact) mass is 424 g/mol. The van der Waals surface area contributed by atoms with E-state index in [0.29, 0.717) is 5.39 Å². The van der Waals surface area contributed by atoms with Gasteiger partial charge < -0.3 is 0 Å². The van der Waals surface area contributed by atoms with Crippen LogP contribution >= 0.6 is 0 Å². The first-order valence-electron chi connectivity index (χ1n) is 10.4. The van der Waals surface area contributed by atoms with Gasteiger partial charge in [-0.25, -0.2) is 0 Å². The Morgan fingerprint density at radius 2 is 0.969 bits per heavy atom. The summed E-state index contributed by atoms with van der Waals surface area (Å²) in [6, 6.07) is 35.5. The zero-order valence-corrected chi connectivity index (χ0v) is 17.1. The molecule has 0 aromatic heterocycles. The zero-order valence-electron chi connectivity index (χ0n) is 17.1. The maximum atomic E-state index is 13.6. The molecule has 0 unspecified atom stereocenters. The van der Waals surface area contributed by atoms with E-state index >= 15 is 0 Å². The highest BCUT2D eigenvalue weighted by Gasteiger charge is 2.31. The molecule has 0 aliphatic rings. The smallest absolute Gasteiger partial charge is 0.166 e. The molecule has 0 saturated heterocycles. The number of hydrogen-bond donors (Lipinski definition) is 0. The van der Waals surface area contributed by atoms with Crippen molar-refractivity contribution < 1.29 is 13.2 Å². The van der Waals surface area contributed by atoms with Crippen LogP contribution in [-0.2, 0) is 6.18 Å². The Hall–Kier alpha value is -3.85. The second-order valence-electron chi connectivity index (χ2n) is 7.71. The van der Waals surface area contributed by atoms with Crippen LogP contribution in [0.25, 0.3) is 44.2 Å². The third-order valence-corrected chi connectivity index (χ3v) is 5.68. The second-order valence-corrected chi connectivity index (χ2v) is 7.71. The van der Waals surface area contributed by atoms with Gasteiger partial charge >= 0.3 is 6.18 Å². The van der Waals surface area contributed by atoms with Crippen molar-refractivity contribution in [2.24, 2.45) is 0 Å². The lowest BCUT2D eigenvalue weighted by Gasteiger charge is -2.20. The third-order valence-electron chi connectivity index (χ3n) is 5.68. The van der Waals surface area contributed by atoms with Gasteiger partial charge in [0.15, 0.2) is 0 Å². The fourth-order valence-electron chi connectivity index (χ4n) is 4.23. The largest absolute Gasteiger partial charge is 0.416 e. The van der Waals surface area contributed by atoms with Crippen molar-refractivity contribution in [3.05, 3.63) is 121 Å². The highest BCUT2D eigenvalue weighted by atomic mass is 19.4. The molecule has 0 aliphatic heterocycles. The van der Waals surface area contributed by atoms with Crippen LogP contribution in [0.1, 0.15) is 5.56 Å². The van der Waals surface area contributed by atoms with Crippen molar-refractivity contribution >= 4 is 10.8 Å². The van der Waals surface area contributed by atoms with E-state index in [1.807, 2.05) is 97.1 Å². The van der Waals surface area contributed by atoms with Crippen LogP contribution in [-0.4, -0.2) is 0 Å². The van der Waals surface area contributed by atoms with Crippen LogP contribution in [0.5, 0.6) is 0 Å². The van der Waals surface area contributed by atoms with Gasteiger partial charge in [-0.3, -0.25) is 0 Å². The van der Waals surface area contributed by atoms with Crippen molar-refractivity contribution in [1.29, 1.82) is 0 Å². The van der Waals surface area contributed by atoms with Crippen LogP contribution < -0.4 is 0 Å². The summed E-state index contributed by atoms with van der Waals surface area (Å²) < 4.78 is 40.9. The van der Waals surface area contributed by atoms with Crippen molar-refractivity contribution in [3.63, 3.8) is 0 Å². The normalized spacial score (nSPS) is 11.6. The summed E-state index contributed by atoms with van der Waals surface area (Å²) in [5, 5.41) is 1.36. The summed E-state index contributed by atoms with van der Waals surface area (Å²) in [6.07, 6.45) is -4.41. The summed E-state index contributed by atoms with van der Waals surface area (Å²) >= 11 is 0. The van der Waals surface area contributed by atoms with E-state index in [1.165, 1.54) is 6.07 Å². The summed E-state index contributed by atoms with van der Waals surface area (Å²) in [4.78, 5) is 0. The van der Waals surface area contributed by atoms with E-state index in [4.69, 9.17) is 0 Å². The standard InChI is InChI=1S/C29H19F3/c30-29(31,32)24-17-16-23-18-25(20-10-4-1-5-11-20)27(21-12-6-2-7-13-21)28(26(23)19-24)22-14-8-3-9-15-22/h1-19H. The van der Waals surface area contributed by atoms with Crippen molar-refractivity contribution in [2.45, 2.75) is 6.18 Å². The van der Waals surface area contributed by atoms with Crippen LogP contribution in [0, 0.1) is 0 Å². The number of benzene rings is 5. The molecule has 32 heavy (non-hydrogen) atoms. The fourth-order valence-corrected chi connectivity index (χ4v) is 4.23. The van der Waals surface area contributed by atoms with Crippen LogP contribution in [0.2, 0.25) is 0 Å². The molecule has 0 bridgehead atoms. The van der Waals surface area contributed by atoms with E-state index in [2.05, 4.69) is 0 Å². The summed E-state index contributed by atoms with van der Waals surface area (Å²) in [5.41, 5.74) is 4.94. The van der Waals surface area contributed by atoms with Gasteiger partial charge in [0.25, 0.3) is 0 Å². The van der Waals surface area contributed by atoms with Gasteiger partial charge in [0.1, 0.15) is 0 Å². The van der Waals surface area contributed by atoms with E-state index in [1.54, 1.807) is 6.07 Å². The number of fused-ring (bicyclic) bond motifs is 1. The van der Waals surface area contributed by atoms with Gasteiger partial charge in [0.05, 0.1) is 5.56 Å². The molecule has 0 fully saturated rings. The quantitative estimate of drug-likeness (QED) is 0.271. The molecule has 5 aromatic carbocycles. The Morgan fingerprint density at radius 3 is 1.50 bits per heavy atom. The third kappa shape index (κ3) is 3.67. The van der Waals surface area contributed by atoms with Crippen LogP contribution in [0.15, 0.2) is 115 Å². The molecule has 0 aliphatic carbocycles. The highest BCUT2D eigenvalue weighted by Crippen LogP contribution is 2.45. The molecule has 156 valence electrons. The Morgan fingerprint density at radius 1 is 0.469 bits per heavy atom. The lowest BCUT2D eigenvalue weighted by molar-refractivity contribution is -0.137. The van der Waals surface area contributed by atoms with Gasteiger partial charge in [0, 0.05) is 0 Å². The first-order valence-corrected chi connectivity index (χ1v) is 10.4. The average Bonchev–Trinajstić information content (AvgIpc) is 2.83. The molecular formula is C29H19F3. The van der Waals surface area contributed by atoms with Crippen molar-refractivity contribution in [3.8, 4) is 33.4 Å². The maximum absolute atomic E-state index is 13.6. The average molecular weight is 424 g/mol. The van der Waals surface area contributed by atoms with Gasteiger partial charge in [-0.1, -0.05) is 97.1 Å². The molecule has 0 saturated carbocycles. The van der Waals surface area contributed by atoms with Gasteiger partial charge in [-0.15, -0.1) is 0 Å². The summed E-state index contributed by atoms with van der Waals surface area (Å²) in [6.45, 7) is 0. The number of halogens is 3. The van der Waals surface area contributed by atoms with Gasteiger partial charge in [-0.2, -0.15) is 13.2 Å². The minimum atomic E-state index is -4.41. The first-order chi connectivity index (χ1) is 15.5. The number of alkyl halides is 3. The predicted octanol–water partition coefficient (Wildman–Crippen LogP) is 8.86. The molecule has 0 spiro atoms. The number of rotatable bonds is 3. The molecule has 3 heteroatoms. The zero-order chi connectivity index (χ0) is 22.1. The van der Waals surface area contributed by atoms with E-state index in [0.717, 1.165) is 44.8 Å². The first kappa shape index (κ1) is 20.1. The van der Waals surface area contributed by atoms with Crippen LogP contribution in [0.4, 0.5) is 13.2 Å². The molecule has 5 aromatic rings. The highest BCUT2D eigenvalue weighted by molar-refractivity contribution is 6.10. The molecule has 0 heterocycles. The van der Waals surface area contributed by atoms with Crippen molar-refractivity contribution in [2.75, 3.05) is 0 Å². The van der Waals surface area contributed by atoms with Crippen LogP contribution in [0.3, 0.4) is 0 Å². The molecule has 5 rings (SSSR count).